The third-order valence-electron chi connectivity index (χ3n) is 2.92. The zero-order valence-corrected chi connectivity index (χ0v) is 13.1. The van der Waals surface area contributed by atoms with Crippen LogP contribution in [0.5, 0.6) is 5.75 Å². The lowest BCUT2D eigenvalue weighted by atomic mass is 10.2. The molecular formula is C15H20N4OS. The van der Waals surface area contributed by atoms with E-state index in [1.807, 2.05) is 25.3 Å². The van der Waals surface area contributed by atoms with Crippen molar-refractivity contribution in [3.05, 3.63) is 42.2 Å². The fourth-order valence-electron chi connectivity index (χ4n) is 1.80. The van der Waals surface area contributed by atoms with Gasteiger partial charge in [-0.25, -0.2) is 4.68 Å². The van der Waals surface area contributed by atoms with E-state index in [1.165, 1.54) is 5.56 Å². The standard InChI is InChI=1S/C15H20N4OS/c1-3-12-5-7-14(8-6-12)20-11-19-10-13(9-17-19)18-15(21)16-4-2/h5-10H,3-4,11H2,1-2H3,(H2,16,18,21). The molecule has 0 bridgehead atoms. The molecule has 0 spiro atoms. The zero-order valence-electron chi connectivity index (χ0n) is 12.3. The molecule has 1 aromatic carbocycles. The van der Waals surface area contributed by atoms with Crippen LogP contribution in [0.3, 0.4) is 0 Å². The van der Waals surface area contributed by atoms with Gasteiger partial charge in [-0.15, -0.1) is 0 Å². The van der Waals surface area contributed by atoms with Crippen LogP contribution in [0.25, 0.3) is 0 Å². The number of anilines is 1. The summed E-state index contributed by atoms with van der Waals surface area (Å²) in [4.78, 5) is 0. The monoisotopic (exact) mass is 304 g/mol. The smallest absolute Gasteiger partial charge is 0.180 e. The molecule has 112 valence electrons. The maximum atomic E-state index is 5.68. The van der Waals surface area contributed by atoms with Crippen molar-refractivity contribution in [3.8, 4) is 5.75 Å². The fourth-order valence-corrected chi connectivity index (χ4v) is 2.06. The molecule has 0 fully saturated rings. The summed E-state index contributed by atoms with van der Waals surface area (Å²) in [5.41, 5.74) is 2.13. The Labute approximate surface area is 130 Å². The Morgan fingerprint density at radius 1 is 1.29 bits per heavy atom. The van der Waals surface area contributed by atoms with Gasteiger partial charge >= 0.3 is 0 Å². The van der Waals surface area contributed by atoms with E-state index in [0.29, 0.717) is 11.8 Å². The van der Waals surface area contributed by atoms with E-state index in [0.717, 1.165) is 24.4 Å². The number of hydrogen-bond acceptors (Lipinski definition) is 3. The van der Waals surface area contributed by atoms with E-state index in [1.54, 1.807) is 10.9 Å². The lowest BCUT2D eigenvalue weighted by molar-refractivity contribution is 0.221. The van der Waals surface area contributed by atoms with Gasteiger partial charge in [0, 0.05) is 6.54 Å². The molecule has 0 aliphatic rings. The van der Waals surface area contributed by atoms with Crippen molar-refractivity contribution in [2.75, 3.05) is 11.9 Å². The van der Waals surface area contributed by atoms with Crippen molar-refractivity contribution in [1.29, 1.82) is 0 Å². The first-order chi connectivity index (χ1) is 10.2. The minimum Gasteiger partial charge on any atom is -0.471 e. The number of thiocarbonyl (C=S) groups is 1. The number of ether oxygens (including phenoxy) is 1. The number of rotatable bonds is 6. The number of aryl methyl sites for hydroxylation is 1. The van der Waals surface area contributed by atoms with Crippen molar-refractivity contribution in [2.45, 2.75) is 27.0 Å². The van der Waals surface area contributed by atoms with Crippen LogP contribution >= 0.6 is 12.2 Å². The van der Waals surface area contributed by atoms with E-state index in [9.17, 15) is 0 Å². The fraction of sp³-hybridized carbons (Fsp3) is 0.333. The van der Waals surface area contributed by atoms with Crippen LogP contribution in [0.15, 0.2) is 36.7 Å². The maximum Gasteiger partial charge on any atom is 0.180 e. The Hall–Kier alpha value is -2.08. The molecule has 2 aromatic rings. The molecule has 5 nitrogen and oxygen atoms in total. The second-order valence-corrected chi connectivity index (χ2v) is 4.93. The second-order valence-electron chi connectivity index (χ2n) is 4.52. The van der Waals surface area contributed by atoms with Crippen molar-refractivity contribution in [2.24, 2.45) is 0 Å². The average molecular weight is 304 g/mol. The van der Waals surface area contributed by atoms with Gasteiger partial charge in [-0.3, -0.25) is 0 Å². The number of nitrogens with zero attached hydrogens (tertiary/aromatic N) is 2. The highest BCUT2D eigenvalue weighted by Gasteiger charge is 2.01. The van der Waals surface area contributed by atoms with Crippen molar-refractivity contribution in [1.82, 2.24) is 15.1 Å². The second kappa shape index (κ2) is 7.64. The summed E-state index contributed by atoms with van der Waals surface area (Å²) in [6.45, 7) is 5.28. The number of nitrogens with one attached hydrogen (secondary N) is 2. The molecule has 0 aliphatic carbocycles. The first kappa shape index (κ1) is 15.3. The summed E-state index contributed by atoms with van der Waals surface area (Å²) >= 11 is 5.12. The minimum absolute atomic E-state index is 0.362. The van der Waals surface area contributed by atoms with E-state index >= 15 is 0 Å². The van der Waals surface area contributed by atoms with E-state index < -0.39 is 0 Å². The predicted octanol–water partition coefficient (Wildman–Crippen LogP) is 2.79. The van der Waals surface area contributed by atoms with Gasteiger partial charge in [0.15, 0.2) is 11.8 Å². The first-order valence-corrected chi connectivity index (χ1v) is 7.41. The highest BCUT2D eigenvalue weighted by Crippen LogP contribution is 2.13. The van der Waals surface area contributed by atoms with Crippen LogP contribution < -0.4 is 15.4 Å². The Kier molecular flexibility index (Phi) is 5.57. The molecule has 0 radical (unpaired) electrons. The molecule has 0 amide bonds. The van der Waals surface area contributed by atoms with Gasteiger partial charge in [-0.05, 0) is 43.3 Å². The quantitative estimate of drug-likeness (QED) is 0.804. The lowest BCUT2D eigenvalue weighted by Gasteiger charge is -2.07. The molecule has 1 aromatic heterocycles. The Morgan fingerprint density at radius 2 is 2.05 bits per heavy atom. The van der Waals surface area contributed by atoms with Crippen LogP contribution in [0, 0.1) is 0 Å². The van der Waals surface area contributed by atoms with Gasteiger partial charge < -0.3 is 15.4 Å². The van der Waals surface area contributed by atoms with E-state index in [4.69, 9.17) is 17.0 Å². The normalized spacial score (nSPS) is 10.2. The summed E-state index contributed by atoms with van der Waals surface area (Å²) in [6, 6.07) is 8.09. The molecule has 0 atom stereocenters. The van der Waals surface area contributed by atoms with Crippen LogP contribution in [0.4, 0.5) is 5.69 Å². The topological polar surface area (TPSA) is 51.1 Å². The SMILES string of the molecule is CCNC(=S)Nc1cnn(COc2ccc(CC)cc2)c1. The largest absolute Gasteiger partial charge is 0.471 e. The number of benzene rings is 1. The summed E-state index contributed by atoms with van der Waals surface area (Å²) in [7, 11) is 0. The minimum atomic E-state index is 0.362. The van der Waals surface area contributed by atoms with Gasteiger partial charge in [-0.1, -0.05) is 19.1 Å². The van der Waals surface area contributed by atoms with Crippen LogP contribution in [0.1, 0.15) is 19.4 Å². The molecule has 2 rings (SSSR count). The van der Waals surface area contributed by atoms with Crippen LogP contribution in [-0.4, -0.2) is 21.4 Å². The van der Waals surface area contributed by atoms with Crippen molar-refractivity contribution >= 4 is 23.0 Å². The molecule has 6 heteroatoms. The number of hydrogen-bond donors (Lipinski definition) is 2. The molecule has 0 unspecified atom stereocenters. The molecular weight excluding hydrogens is 284 g/mol. The highest BCUT2D eigenvalue weighted by molar-refractivity contribution is 7.80. The molecule has 0 aliphatic heterocycles. The van der Waals surface area contributed by atoms with Gasteiger partial charge in [-0.2, -0.15) is 5.10 Å². The summed E-state index contributed by atoms with van der Waals surface area (Å²) in [5.74, 6) is 0.834. The van der Waals surface area contributed by atoms with E-state index in [2.05, 4.69) is 34.8 Å². The molecule has 21 heavy (non-hydrogen) atoms. The zero-order chi connectivity index (χ0) is 15.1. The molecule has 2 N–H and O–H groups in total. The Bertz CT molecular complexity index is 580. The van der Waals surface area contributed by atoms with Gasteiger partial charge in [0.25, 0.3) is 0 Å². The maximum absolute atomic E-state index is 5.68. The molecule has 0 saturated carbocycles. The van der Waals surface area contributed by atoms with E-state index in [-0.39, 0.29) is 0 Å². The van der Waals surface area contributed by atoms with Crippen molar-refractivity contribution in [3.63, 3.8) is 0 Å². The third-order valence-corrected chi connectivity index (χ3v) is 3.17. The Balaban J connectivity index is 1.85. The highest BCUT2D eigenvalue weighted by atomic mass is 32.1. The summed E-state index contributed by atoms with van der Waals surface area (Å²) in [6.07, 6.45) is 4.59. The first-order valence-electron chi connectivity index (χ1n) is 7.00. The summed E-state index contributed by atoms with van der Waals surface area (Å²) < 4.78 is 7.39. The van der Waals surface area contributed by atoms with Crippen LogP contribution in [0.2, 0.25) is 0 Å². The van der Waals surface area contributed by atoms with Gasteiger partial charge in [0.05, 0.1) is 18.1 Å². The van der Waals surface area contributed by atoms with Gasteiger partial charge in [0.2, 0.25) is 0 Å². The molecule has 1 heterocycles. The summed E-state index contributed by atoms with van der Waals surface area (Å²) in [5, 5.41) is 10.9. The van der Waals surface area contributed by atoms with Crippen LogP contribution in [-0.2, 0) is 13.2 Å². The lowest BCUT2D eigenvalue weighted by Crippen LogP contribution is -2.27. The van der Waals surface area contributed by atoms with Crippen molar-refractivity contribution < 1.29 is 4.74 Å². The van der Waals surface area contributed by atoms with Gasteiger partial charge in [0.1, 0.15) is 5.75 Å². The third kappa shape index (κ3) is 4.75. The number of aromatic nitrogens is 2. The molecule has 0 saturated heterocycles. The predicted molar refractivity (Wildman–Crippen MR) is 88.6 cm³/mol. The Morgan fingerprint density at radius 3 is 2.71 bits per heavy atom. The average Bonchev–Trinajstić information content (AvgIpc) is 2.93.